The van der Waals surface area contributed by atoms with E-state index in [1.54, 1.807) is 0 Å². The van der Waals surface area contributed by atoms with Crippen molar-refractivity contribution in [2.24, 2.45) is 5.73 Å². The van der Waals surface area contributed by atoms with Crippen molar-refractivity contribution in [2.75, 3.05) is 13.2 Å². The average molecular weight is 494 g/mol. The molecule has 1 rings (SSSR count). The molecule has 34 heavy (non-hydrogen) atoms. The quantitative estimate of drug-likeness (QED) is 0.103. The highest BCUT2D eigenvalue weighted by molar-refractivity contribution is 5.89. The number of hydrogen-bond acceptors (Lipinski definition) is 10. The molecule has 0 unspecified atom stereocenters. The second-order valence-corrected chi connectivity index (χ2v) is 8.89. The lowest BCUT2D eigenvalue weighted by Crippen LogP contribution is -2.45. The van der Waals surface area contributed by atoms with Gasteiger partial charge in [-0.15, -0.1) is 0 Å². The van der Waals surface area contributed by atoms with Crippen LogP contribution in [0.3, 0.4) is 0 Å². The molecule has 0 aromatic carbocycles. The highest BCUT2D eigenvalue weighted by atomic mass is 16.6. The van der Waals surface area contributed by atoms with E-state index in [1.165, 1.54) is 64.2 Å². The standard InChI is InChI=1S/C18H39NO3.C6H8O6/c1-2-3-4-5-6-7-8-9-10-11-12-13-14-17(21)18(22)16(19)15-20;7-1-2(8)5-3(9)4(10)6(11)12-5/h16-18,20-22H,2-15,19H2,1H3;2,5,7-10H,1H2/t16-,17+,18+;2-,5+/m00/s1. The lowest BCUT2D eigenvalue weighted by Gasteiger charge is -2.22. The summed E-state index contributed by atoms with van der Waals surface area (Å²) in [5.41, 5.74) is 5.49. The molecule has 0 aliphatic carbocycles. The van der Waals surface area contributed by atoms with Gasteiger partial charge in [-0.25, -0.2) is 4.79 Å². The first-order chi connectivity index (χ1) is 16.2. The molecule has 202 valence electrons. The third-order valence-corrected chi connectivity index (χ3v) is 5.87. The molecule has 0 radical (unpaired) electrons. The van der Waals surface area contributed by atoms with E-state index in [1.807, 2.05) is 0 Å². The number of nitrogens with two attached hydrogens (primary N) is 1. The summed E-state index contributed by atoms with van der Waals surface area (Å²) < 4.78 is 4.32. The zero-order valence-corrected chi connectivity index (χ0v) is 20.5. The molecule has 0 spiro atoms. The maximum absolute atomic E-state index is 10.5. The lowest BCUT2D eigenvalue weighted by atomic mass is 10.00. The summed E-state index contributed by atoms with van der Waals surface area (Å²) in [7, 11) is 0. The summed E-state index contributed by atoms with van der Waals surface area (Å²) >= 11 is 0. The van der Waals surface area contributed by atoms with Gasteiger partial charge in [-0.2, -0.15) is 0 Å². The fourth-order valence-electron chi connectivity index (χ4n) is 3.58. The van der Waals surface area contributed by atoms with Gasteiger partial charge in [0.05, 0.1) is 31.5 Å². The third-order valence-electron chi connectivity index (χ3n) is 5.87. The maximum Gasteiger partial charge on any atom is 0.377 e. The van der Waals surface area contributed by atoms with E-state index >= 15 is 0 Å². The van der Waals surface area contributed by atoms with Crippen LogP contribution in [0.2, 0.25) is 0 Å². The monoisotopic (exact) mass is 493 g/mol. The number of aliphatic hydroxyl groups excluding tert-OH is 7. The summed E-state index contributed by atoms with van der Waals surface area (Å²) in [6.45, 7) is 1.28. The van der Waals surface area contributed by atoms with Crippen LogP contribution >= 0.6 is 0 Å². The molecule has 1 heterocycles. The average Bonchev–Trinajstić information content (AvgIpc) is 3.10. The molecule has 0 bridgehead atoms. The normalized spacial score (nSPS) is 19.3. The van der Waals surface area contributed by atoms with Crippen LogP contribution in [0.5, 0.6) is 0 Å². The predicted octanol–water partition coefficient (Wildman–Crippen LogP) is 1.71. The lowest BCUT2D eigenvalue weighted by molar-refractivity contribution is -0.147. The van der Waals surface area contributed by atoms with Crippen molar-refractivity contribution in [3.8, 4) is 0 Å². The van der Waals surface area contributed by atoms with Crippen LogP contribution < -0.4 is 5.73 Å². The molecular formula is C24H47NO9. The molecule has 5 atom stereocenters. The molecule has 0 amide bonds. The molecular weight excluding hydrogens is 446 g/mol. The van der Waals surface area contributed by atoms with Crippen molar-refractivity contribution < 1.29 is 45.3 Å². The number of esters is 1. The summed E-state index contributed by atoms with van der Waals surface area (Å²) in [4.78, 5) is 10.5. The van der Waals surface area contributed by atoms with Gasteiger partial charge in [-0.05, 0) is 6.42 Å². The van der Waals surface area contributed by atoms with Crippen LogP contribution in [0.1, 0.15) is 90.4 Å². The zero-order chi connectivity index (χ0) is 25.9. The minimum atomic E-state index is -1.42. The topological polar surface area (TPSA) is 194 Å². The number of rotatable bonds is 18. The molecule has 0 fully saturated rings. The van der Waals surface area contributed by atoms with Crippen molar-refractivity contribution in [3.05, 3.63) is 11.5 Å². The van der Waals surface area contributed by atoms with Gasteiger partial charge in [0, 0.05) is 0 Å². The maximum atomic E-state index is 10.5. The number of hydrogen-bond donors (Lipinski definition) is 8. The number of unbranched alkanes of at least 4 members (excludes halogenated alkanes) is 11. The Labute approximate surface area is 203 Å². The summed E-state index contributed by atoms with van der Waals surface area (Å²) in [6.07, 6.45) is 11.3. The smallest absolute Gasteiger partial charge is 0.377 e. The fourth-order valence-corrected chi connectivity index (χ4v) is 3.58. The third kappa shape index (κ3) is 13.5. The van der Waals surface area contributed by atoms with E-state index in [4.69, 9.17) is 31.3 Å². The van der Waals surface area contributed by atoms with Gasteiger partial charge >= 0.3 is 5.97 Å². The molecule has 0 aromatic heterocycles. The second-order valence-electron chi connectivity index (χ2n) is 8.89. The Morgan fingerprint density at radius 1 is 0.824 bits per heavy atom. The molecule has 10 nitrogen and oxygen atoms in total. The van der Waals surface area contributed by atoms with Gasteiger partial charge in [0.1, 0.15) is 6.10 Å². The van der Waals surface area contributed by atoms with E-state index in [0.29, 0.717) is 6.42 Å². The van der Waals surface area contributed by atoms with Gasteiger partial charge in [0.15, 0.2) is 11.9 Å². The second kappa shape index (κ2) is 19.8. The van der Waals surface area contributed by atoms with Crippen LogP contribution in [0.15, 0.2) is 11.5 Å². The van der Waals surface area contributed by atoms with Crippen molar-refractivity contribution in [2.45, 2.75) is 121 Å². The zero-order valence-electron chi connectivity index (χ0n) is 20.5. The summed E-state index contributed by atoms with van der Waals surface area (Å²) in [5, 5.41) is 63.2. The van der Waals surface area contributed by atoms with E-state index in [0.717, 1.165) is 12.8 Å². The van der Waals surface area contributed by atoms with E-state index in [2.05, 4.69) is 11.7 Å². The molecule has 1 aliphatic rings. The van der Waals surface area contributed by atoms with E-state index in [9.17, 15) is 15.0 Å². The van der Waals surface area contributed by atoms with Crippen LogP contribution in [-0.4, -0.2) is 85.4 Å². The molecule has 9 N–H and O–H groups in total. The number of carbonyl (C=O) groups excluding carboxylic acids is 1. The van der Waals surface area contributed by atoms with Gasteiger partial charge in [-0.1, -0.05) is 84.0 Å². The Bertz CT molecular complexity index is 559. The highest BCUT2D eigenvalue weighted by Crippen LogP contribution is 2.21. The summed E-state index contributed by atoms with van der Waals surface area (Å²) in [5.74, 6) is -2.78. The van der Waals surface area contributed by atoms with Crippen molar-refractivity contribution in [1.29, 1.82) is 0 Å². The van der Waals surface area contributed by atoms with Crippen molar-refractivity contribution in [3.63, 3.8) is 0 Å². The van der Waals surface area contributed by atoms with Gasteiger partial charge in [0.2, 0.25) is 5.76 Å². The van der Waals surface area contributed by atoms with Gasteiger partial charge in [-0.3, -0.25) is 0 Å². The minimum absolute atomic E-state index is 0.295. The van der Waals surface area contributed by atoms with Crippen LogP contribution in [0.4, 0.5) is 0 Å². The first kappa shape index (κ1) is 32.6. The van der Waals surface area contributed by atoms with Crippen molar-refractivity contribution in [1.82, 2.24) is 0 Å². The van der Waals surface area contributed by atoms with Crippen LogP contribution in [0.25, 0.3) is 0 Å². The number of cyclic esters (lactones) is 1. The Kier molecular flexibility index (Phi) is 19.0. The SMILES string of the molecule is CCCCCCCCCCCCCC[C@@H](O)[C@H](O)[C@@H](N)CO.O=C1O[C@H]([C@@H](O)CO)C(O)=C1O. The Hall–Kier alpha value is -1.43. The highest BCUT2D eigenvalue weighted by Gasteiger charge is 2.38. The molecule has 1 aliphatic heterocycles. The van der Waals surface area contributed by atoms with E-state index in [-0.39, 0.29) is 6.61 Å². The van der Waals surface area contributed by atoms with Crippen molar-refractivity contribution >= 4 is 5.97 Å². The predicted molar refractivity (Wildman–Crippen MR) is 128 cm³/mol. The first-order valence-electron chi connectivity index (χ1n) is 12.6. The Morgan fingerprint density at radius 3 is 1.68 bits per heavy atom. The summed E-state index contributed by atoms with van der Waals surface area (Å²) in [6, 6.07) is -0.743. The molecule has 10 heteroatoms. The minimum Gasteiger partial charge on any atom is -0.505 e. The molecule has 0 saturated heterocycles. The Morgan fingerprint density at radius 2 is 1.29 bits per heavy atom. The van der Waals surface area contributed by atoms with E-state index < -0.39 is 54.6 Å². The fraction of sp³-hybridized carbons (Fsp3) is 0.875. The van der Waals surface area contributed by atoms with Gasteiger partial charge in [0.25, 0.3) is 0 Å². The number of aliphatic hydroxyl groups is 7. The Balaban J connectivity index is 0.000000757. The molecule has 0 saturated carbocycles. The van der Waals surface area contributed by atoms with Crippen LogP contribution in [0, 0.1) is 0 Å². The largest absolute Gasteiger partial charge is 0.505 e. The van der Waals surface area contributed by atoms with Crippen LogP contribution in [-0.2, 0) is 9.53 Å². The molecule has 0 aromatic rings. The number of ether oxygens (including phenoxy) is 1. The van der Waals surface area contributed by atoms with Gasteiger partial charge < -0.3 is 46.2 Å². The number of carbonyl (C=O) groups is 1. The first-order valence-corrected chi connectivity index (χ1v) is 12.6.